The van der Waals surface area contributed by atoms with Gasteiger partial charge in [0.15, 0.2) is 11.0 Å². The largest absolute Gasteiger partial charge is 0.310 e. The molecule has 35 heavy (non-hydrogen) atoms. The van der Waals surface area contributed by atoms with Gasteiger partial charge in [0, 0.05) is 11.8 Å². The molecule has 4 rings (SSSR count). The quantitative estimate of drug-likeness (QED) is 0.364. The zero-order valence-electron chi connectivity index (χ0n) is 19.7. The molecule has 1 atom stereocenters. The van der Waals surface area contributed by atoms with Crippen molar-refractivity contribution in [2.24, 2.45) is 0 Å². The van der Waals surface area contributed by atoms with Crippen molar-refractivity contribution >= 4 is 23.5 Å². The van der Waals surface area contributed by atoms with Crippen LogP contribution >= 0.6 is 11.8 Å². The van der Waals surface area contributed by atoms with Crippen molar-refractivity contribution in [2.45, 2.75) is 25.0 Å². The summed E-state index contributed by atoms with van der Waals surface area (Å²) in [5.74, 6) is 0.243. The molecule has 4 aromatic rings. The van der Waals surface area contributed by atoms with Gasteiger partial charge in [-0.25, -0.2) is 13.5 Å². The van der Waals surface area contributed by atoms with E-state index in [4.69, 9.17) is 0 Å². The van der Waals surface area contributed by atoms with E-state index in [0.717, 1.165) is 0 Å². The normalized spacial score (nSPS) is 12.2. The second-order valence-corrected chi connectivity index (χ2v) is 9.13. The van der Waals surface area contributed by atoms with E-state index >= 15 is 0 Å². The third-order valence-corrected chi connectivity index (χ3v) is 6.32. The molecule has 0 aliphatic carbocycles. The van der Waals surface area contributed by atoms with Crippen LogP contribution in [0.25, 0.3) is 11.4 Å². The summed E-state index contributed by atoms with van der Waals surface area (Å²) in [5, 5.41) is 16.4. The lowest BCUT2D eigenvalue weighted by molar-refractivity contribution is -0.113. The summed E-state index contributed by atoms with van der Waals surface area (Å²) in [6.45, 7) is 3.80. The average Bonchev–Trinajstić information content (AvgIpc) is 3.41. The fraction of sp³-hybridized carbons (Fsp3) is 0.250. The number of aryl methyl sites for hydroxylation is 1. The SMILES string of the molecule is Cc1cc(NC(=O)CSc2nnc(C(C)N(C)C)n2-c2ccc(F)cc2)n(-c2ccc(F)cc2)n1. The molecular formula is C24H25F2N7OS. The molecule has 182 valence electrons. The Morgan fingerprint density at radius 1 is 1.03 bits per heavy atom. The highest BCUT2D eigenvalue weighted by Gasteiger charge is 2.22. The van der Waals surface area contributed by atoms with Gasteiger partial charge < -0.3 is 5.32 Å². The van der Waals surface area contributed by atoms with Crippen LogP contribution in [0.5, 0.6) is 0 Å². The summed E-state index contributed by atoms with van der Waals surface area (Å²) in [6.07, 6.45) is 0. The number of carbonyl (C=O) groups excluding carboxylic acids is 1. The fourth-order valence-electron chi connectivity index (χ4n) is 3.39. The molecule has 0 fully saturated rings. The Balaban J connectivity index is 1.54. The maximum atomic E-state index is 13.5. The van der Waals surface area contributed by atoms with Crippen molar-refractivity contribution in [3.63, 3.8) is 0 Å². The zero-order chi connectivity index (χ0) is 25.1. The number of thioether (sulfide) groups is 1. The van der Waals surface area contributed by atoms with E-state index < -0.39 is 0 Å². The topological polar surface area (TPSA) is 80.9 Å². The average molecular weight is 498 g/mol. The van der Waals surface area contributed by atoms with Gasteiger partial charge >= 0.3 is 0 Å². The van der Waals surface area contributed by atoms with Crippen molar-refractivity contribution in [1.29, 1.82) is 0 Å². The van der Waals surface area contributed by atoms with Gasteiger partial charge in [-0.1, -0.05) is 11.8 Å². The molecular weight excluding hydrogens is 472 g/mol. The van der Waals surface area contributed by atoms with E-state index in [1.54, 1.807) is 35.0 Å². The first-order valence-corrected chi connectivity index (χ1v) is 11.8. The van der Waals surface area contributed by atoms with Crippen molar-refractivity contribution in [2.75, 3.05) is 25.2 Å². The van der Waals surface area contributed by atoms with Crippen molar-refractivity contribution < 1.29 is 13.6 Å². The first-order chi connectivity index (χ1) is 16.7. The standard InChI is InChI=1S/C24H25F2N7OS/c1-15-13-21(33(30-15)20-11-7-18(26)8-12-20)27-22(34)14-35-24-29-28-23(16(2)31(3)4)32(24)19-9-5-17(25)6-10-19/h5-13,16H,14H2,1-4H3,(H,27,34). The molecule has 0 saturated carbocycles. The van der Waals surface area contributed by atoms with Gasteiger partial charge in [0.2, 0.25) is 5.91 Å². The lowest BCUT2D eigenvalue weighted by atomic mass is 10.2. The van der Waals surface area contributed by atoms with Crippen LogP contribution in [0.4, 0.5) is 14.6 Å². The van der Waals surface area contributed by atoms with Crippen LogP contribution in [0.15, 0.2) is 59.8 Å². The van der Waals surface area contributed by atoms with Gasteiger partial charge in [-0.05, 0) is 76.5 Å². The third-order valence-electron chi connectivity index (χ3n) is 5.39. The summed E-state index contributed by atoms with van der Waals surface area (Å²) in [6, 6.07) is 13.6. The highest BCUT2D eigenvalue weighted by atomic mass is 32.2. The minimum atomic E-state index is -0.354. The van der Waals surface area contributed by atoms with E-state index in [0.29, 0.717) is 33.9 Å². The van der Waals surface area contributed by atoms with Crippen LogP contribution in [0.3, 0.4) is 0 Å². The van der Waals surface area contributed by atoms with Crippen LogP contribution in [0.1, 0.15) is 24.5 Å². The lowest BCUT2D eigenvalue weighted by Gasteiger charge is -2.20. The van der Waals surface area contributed by atoms with Crippen LogP contribution in [0.2, 0.25) is 0 Å². The van der Waals surface area contributed by atoms with E-state index in [1.165, 1.54) is 36.0 Å². The number of carbonyl (C=O) groups is 1. The molecule has 0 bridgehead atoms. The number of anilines is 1. The Labute approximate surface area is 206 Å². The fourth-order valence-corrected chi connectivity index (χ4v) is 4.14. The second kappa shape index (κ2) is 10.4. The minimum Gasteiger partial charge on any atom is -0.310 e. The smallest absolute Gasteiger partial charge is 0.236 e. The van der Waals surface area contributed by atoms with Gasteiger partial charge in [0.1, 0.15) is 17.5 Å². The number of halogens is 2. The monoisotopic (exact) mass is 497 g/mol. The Bertz CT molecular complexity index is 1320. The van der Waals surface area contributed by atoms with Crippen LogP contribution in [-0.2, 0) is 4.79 Å². The number of aromatic nitrogens is 5. The number of nitrogens with zero attached hydrogens (tertiary/aromatic N) is 6. The predicted molar refractivity (Wildman–Crippen MR) is 131 cm³/mol. The van der Waals surface area contributed by atoms with E-state index in [2.05, 4.69) is 20.6 Å². The maximum absolute atomic E-state index is 13.5. The molecule has 2 aromatic carbocycles. The maximum Gasteiger partial charge on any atom is 0.236 e. The van der Waals surface area contributed by atoms with Gasteiger partial charge in [0.05, 0.1) is 23.2 Å². The highest BCUT2D eigenvalue weighted by molar-refractivity contribution is 7.99. The van der Waals surface area contributed by atoms with Gasteiger partial charge in [0.25, 0.3) is 0 Å². The molecule has 1 amide bonds. The van der Waals surface area contributed by atoms with Crippen LogP contribution in [0, 0.1) is 18.6 Å². The highest BCUT2D eigenvalue weighted by Crippen LogP contribution is 2.27. The number of amides is 1. The number of nitrogens with one attached hydrogen (secondary N) is 1. The number of benzene rings is 2. The molecule has 1 unspecified atom stereocenters. The van der Waals surface area contributed by atoms with E-state index in [9.17, 15) is 13.6 Å². The molecule has 1 N–H and O–H groups in total. The van der Waals surface area contributed by atoms with E-state index in [1.807, 2.05) is 37.4 Å². The van der Waals surface area contributed by atoms with E-state index in [-0.39, 0.29) is 29.3 Å². The minimum absolute atomic E-state index is 0.0588. The summed E-state index contributed by atoms with van der Waals surface area (Å²) in [4.78, 5) is 14.8. The summed E-state index contributed by atoms with van der Waals surface area (Å²) in [7, 11) is 3.86. The molecule has 8 nitrogen and oxygen atoms in total. The number of hydrogen-bond acceptors (Lipinski definition) is 6. The van der Waals surface area contributed by atoms with Gasteiger partial charge in [-0.3, -0.25) is 14.3 Å². The van der Waals surface area contributed by atoms with Gasteiger partial charge in [-0.15, -0.1) is 10.2 Å². The summed E-state index contributed by atoms with van der Waals surface area (Å²) >= 11 is 1.22. The Kier molecular flexibility index (Phi) is 7.27. The Morgan fingerprint density at radius 3 is 2.23 bits per heavy atom. The van der Waals surface area contributed by atoms with Crippen LogP contribution in [-0.4, -0.2) is 55.2 Å². The van der Waals surface area contributed by atoms with Gasteiger partial charge in [-0.2, -0.15) is 5.10 Å². The van der Waals surface area contributed by atoms with Crippen molar-refractivity contribution in [1.82, 2.24) is 29.4 Å². The summed E-state index contributed by atoms with van der Waals surface area (Å²) < 4.78 is 30.2. The number of hydrogen-bond donors (Lipinski definition) is 1. The first kappa shape index (κ1) is 24.6. The zero-order valence-corrected chi connectivity index (χ0v) is 20.6. The molecule has 0 radical (unpaired) electrons. The molecule has 0 spiro atoms. The summed E-state index contributed by atoms with van der Waals surface area (Å²) in [5.41, 5.74) is 2.03. The Morgan fingerprint density at radius 2 is 1.63 bits per heavy atom. The molecule has 0 aliphatic rings. The molecule has 0 saturated heterocycles. The Hall–Kier alpha value is -3.57. The van der Waals surface area contributed by atoms with Crippen molar-refractivity contribution in [3.05, 3.63) is 77.8 Å². The molecule has 2 aromatic heterocycles. The number of rotatable bonds is 8. The second-order valence-electron chi connectivity index (χ2n) is 8.19. The molecule has 11 heteroatoms. The molecule has 0 aliphatic heterocycles. The first-order valence-electron chi connectivity index (χ1n) is 10.9. The van der Waals surface area contributed by atoms with Crippen LogP contribution < -0.4 is 5.32 Å². The molecule has 2 heterocycles. The third kappa shape index (κ3) is 5.57. The lowest BCUT2D eigenvalue weighted by Crippen LogP contribution is -2.21. The van der Waals surface area contributed by atoms with Crippen molar-refractivity contribution in [3.8, 4) is 11.4 Å². The predicted octanol–water partition coefficient (Wildman–Crippen LogP) is 4.39.